The van der Waals surface area contributed by atoms with Crippen molar-refractivity contribution in [2.75, 3.05) is 6.54 Å². The van der Waals surface area contributed by atoms with Gasteiger partial charge in [0.1, 0.15) is 5.41 Å². The van der Waals surface area contributed by atoms with Crippen LogP contribution in [-0.2, 0) is 4.79 Å². The van der Waals surface area contributed by atoms with E-state index in [1.165, 1.54) is 25.7 Å². The third-order valence-electron chi connectivity index (χ3n) is 4.76. The highest BCUT2D eigenvalue weighted by Crippen LogP contribution is 2.46. The zero-order valence-electron chi connectivity index (χ0n) is 11.7. The highest BCUT2D eigenvalue weighted by atomic mass is 16.4. The molecule has 2 rings (SSSR count). The summed E-state index contributed by atoms with van der Waals surface area (Å²) in [5.41, 5.74) is 4.87. The molecule has 5 nitrogen and oxygen atoms in total. The summed E-state index contributed by atoms with van der Waals surface area (Å²) in [4.78, 5) is 12.0. The maximum atomic E-state index is 12.0. The van der Waals surface area contributed by atoms with Gasteiger partial charge in [-0.05, 0) is 31.1 Å². The molecule has 0 aliphatic heterocycles. The number of hydrogen-bond donors (Lipinski definition) is 3. The second kappa shape index (κ2) is 5.80. The number of amidine groups is 1. The molecular weight excluding hydrogens is 242 g/mol. The van der Waals surface area contributed by atoms with Crippen LogP contribution < -0.4 is 11.1 Å². The molecule has 0 unspecified atom stereocenters. The Morgan fingerprint density at radius 1 is 1.37 bits per heavy atom. The molecule has 0 aromatic carbocycles. The quantitative estimate of drug-likeness (QED) is 0.307. The lowest BCUT2D eigenvalue weighted by atomic mass is 9.81. The Bertz CT molecular complexity index is 356. The van der Waals surface area contributed by atoms with Crippen LogP contribution >= 0.6 is 0 Å². The Labute approximate surface area is 114 Å². The minimum absolute atomic E-state index is 0.0523. The molecular formula is C14H25N3O2. The molecule has 108 valence electrons. The van der Waals surface area contributed by atoms with Crippen molar-refractivity contribution in [1.82, 2.24) is 5.32 Å². The third-order valence-corrected chi connectivity index (χ3v) is 4.76. The molecule has 4 N–H and O–H groups in total. The largest absolute Gasteiger partial charge is 0.409 e. The molecule has 0 aromatic heterocycles. The van der Waals surface area contributed by atoms with Gasteiger partial charge in [0.2, 0.25) is 5.91 Å². The van der Waals surface area contributed by atoms with Crippen LogP contribution in [0.3, 0.4) is 0 Å². The van der Waals surface area contributed by atoms with Crippen molar-refractivity contribution >= 4 is 11.7 Å². The molecule has 19 heavy (non-hydrogen) atoms. The highest BCUT2D eigenvalue weighted by molar-refractivity contribution is 6.09. The van der Waals surface area contributed by atoms with Crippen LogP contribution in [0.2, 0.25) is 0 Å². The lowest BCUT2D eigenvalue weighted by molar-refractivity contribution is -0.124. The number of rotatable bonds is 5. The molecule has 0 atom stereocenters. The van der Waals surface area contributed by atoms with Crippen LogP contribution in [-0.4, -0.2) is 23.5 Å². The minimum atomic E-state index is -0.712. The topological polar surface area (TPSA) is 87.7 Å². The molecule has 0 spiro atoms. The van der Waals surface area contributed by atoms with E-state index in [-0.39, 0.29) is 11.7 Å². The van der Waals surface area contributed by atoms with E-state index in [0.29, 0.717) is 19.4 Å². The first-order chi connectivity index (χ1) is 9.08. The van der Waals surface area contributed by atoms with Crippen LogP contribution in [0.5, 0.6) is 0 Å². The van der Waals surface area contributed by atoms with Crippen molar-refractivity contribution in [3.63, 3.8) is 0 Å². The summed E-state index contributed by atoms with van der Waals surface area (Å²) in [6, 6.07) is 0. The Hall–Kier alpha value is -1.26. The fourth-order valence-corrected chi connectivity index (χ4v) is 3.00. The molecule has 2 fully saturated rings. The van der Waals surface area contributed by atoms with Crippen molar-refractivity contribution in [1.29, 1.82) is 0 Å². The number of hydrogen-bond acceptors (Lipinski definition) is 3. The lowest BCUT2D eigenvalue weighted by Gasteiger charge is -2.26. The molecule has 0 radical (unpaired) electrons. The number of carbonyl (C=O) groups excluding carboxylic acids is 1. The van der Waals surface area contributed by atoms with Gasteiger partial charge in [-0.3, -0.25) is 4.79 Å². The van der Waals surface area contributed by atoms with Gasteiger partial charge in [-0.15, -0.1) is 0 Å². The monoisotopic (exact) mass is 267 g/mol. The predicted octanol–water partition coefficient (Wildman–Crippen LogP) is 1.85. The second-order valence-corrected chi connectivity index (χ2v) is 6.24. The first-order valence-corrected chi connectivity index (χ1v) is 7.35. The number of amides is 1. The van der Waals surface area contributed by atoms with E-state index in [0.717, 1.165) is 18.3 Å². The molecule has 2 aliphatic rings. The Balaban J connectivity index is 1.70. The van der Waals surface area contributed by atoms with Gasteiger partial charge in [0.25, 0.3) is 0 Å². The molecule has 0 bridgehead atoms. The van der Waals surface area contributed by atoms with E-state index in [1.54, 1.807) is 0 Å². The fourth-order valence-electron chi connectivity index (χ4n) is 3.00. The van der Waals surface area contributed by atoms with Gasteiger partial charge in [-0.2, -0.15) is 0 Å². The zero-order chi connectivity index (χ0) is 13.9. The SMILES string of the molecule is CC1CCC(CCNC(=O)C2(C(N)=NO)CC2)CC1. The standard InChI is InChI=1S/C14H25N3O2/c1-10-2-4-11(5-3-10)6-9-16-13(18)14(7-8-14)12(15)17-19/h10-11,19H,2-9H2,1H3,(H2,15,17)(H,16,18). The zero-order valence-corrected chi connectivity index (χ0v) is 11.7. The molecule has 2 aliphatic carbocycles. The molecule has 0 heterocycles. The number of oxime groups is 1. The summed E-state index contributed by atoms with van der Waals surface area (Å²) in [5, 5.41) is 14.6. The van der Waals surface area contributed by atoms with Crippen LogP contribution in [0, 0.1) is 17.3 Å². The Morgan fingerprint density at radius 2 is 2.00 bits per heavy atom. The minimum Gasteiger partial charge on any atom is -0.409 e. The van der Waals surface area contributed by atoms with Crippen molar-refractivity contribution in [3.05, 3.63) is 0 Å². The average molecular weight is 267 g/mol. The number of nitrogens with two attached hydrogens (primary N) is 1. The van der Waals surface area contributed by atoms with Crippen LogP contribution in [0.4, 0.5) is 0 Å². The predicted molar refractivity (Wildman–Crippen MR) is 73.8 cm³/mol. The smallest absolute Gasteiger partial charge is 0.233 e. The summed E-state index contributed by atoms with van der Waals surface area (Å²) >= 11 is 0. The number of nitrogens with zero attached hydrogens (tertiary/aromatic N) is 1. The Morgan fingerprint density at radius 3 is 2.53 bits per heavy atom. The van der Waals surface area contributed by atoms with Gasteiger partial charge < -0.3 is 16.3 Å². The van der Waals surface area contributed by atoms with E-state index >= 15 is 0 Å². The highest BCUT2D eigenvalue weighted by Gasteiger charge is 2.54. The van der Waals surface area contributed by atoms with Gasteiger partial charge in [-0.25, -0.2) is 0 Å². The van der Waals surface area contributed by atoms with Crippen LogP contribution in [0.25, 0.3) is 0 Å². The van der Waals surface area contributed by atoms with E-state index < -0.39 is 5.41 Å². The maximum absolute atomic E-state index is 12.0. The third kappa shape index (κ3) is 3.19. The van der Waals surface area contributed by atoms with Crippen molar-refractivity contribution in [2.24, 2.45) is 28.1 Å². The maximum Gasteiger partial charge on any atom is 0.233 e. The van der Waals surface area contributed by atoms with E-state index in [9.17, 15) is 4.79 Å². The normalized spacial score (nSPS) is 29.8. The van der Waals surface area contributed by atoms with Gasteiger partial charge in [0, 0.05) is 6.54 Å². The second-order valence-electron chi connectivity index (χ2n) is 6.24. The van der Waals surface area contributed by atoms with Gasteiger partial charge in [0.15, 0.2) is 5.84 Å². The number of nitrogens with one attached hydrogen (secondary N) is 1. The van der Waals surface area contributed by atoms with Crippen molar-refractivity contribution in [2.45, 2.75) is 51.9 Å². The molecule has 2 saturated carbocycles. The summed E-state index contributed by atoms with van der Waals surface area (Å²) in [6.45, 7) is 3.02. The lowest BCUT2D eigenvalue weighted by Crippen LogP contribution is -2.41. The van der Waals surface area contributed by atoms with Crippen LogP contribution in [0.1, 0.15) is 51.9 Å². The molecule has 5 heteroatoms. The first-order valence-electron chi connectivity index (χ1n) is 7.35. The van der Waals surface area contributed by atoms with E-state index in [1.807, 2.05) is 0 Å². The number of carbonyl (C=O) groups is 1. The summed E-state index contributed by atoms with van der Waals surface area (Å²) in [7, 11) is 0. The van der Waals surface area contributed by atoms with Gasteiger partial charge >= 0.3 is 0 Å². The average Bonchev–Trinajstić information content (AvgIpc) is 3.21. The molecule has 1 amide bonds. The van der Waals surface area contributed by atoms with E-state index in [2.05, 4.69) is 17.4 Å². The molecule has 0 saturated heterocycles. The van der Waals surface area contributed by atoms with Crippen molar-refractivity contribution < 1.29 is 10.0 Å². The van der Waals surface area contributed by atoms with E-state index in [4.69, 9.17) is 10.9 Å². The fraction of sp³-hybridized carbons (Fsp3) is 0.857. The summed E-state index contributed by atoms with van der Waals surface area (Å²) < 4.78 is 0. The summed E-state index contributed by atoms with van der Waals surface area (Å²) in [5.74, 6) is 1.58. The molecule has 0 aromatic rings. The summed E-state index contributed by atoms with van der Waals surface area (Å²) in [6.07, 6.45) is 7.61. The first kappa shape index (κ1) is 14.2. The van der Waals surface area contributed by atoms with Gasteiger partial charge in [-0.1, -0.05) is 37.8 Å². The van der Waals surface area contributed by atoms with Crippen molar-refractivity contribution in [3.8, 4) is 0 Å². The van der Waals surface area contributed by atoms with Crippen LogP contribution in [0.15, 0.2) is 5.16 Å². The Kier molecular flexibility index (Phi) is 4.32. The van der Waals surface area contributed by atoms with Gasteiger partial charge in [0.05, 0.1) is 0 Å².